The molecule has 3 rings (SSSR count). The molecule has 0 spiro atoms. The summed E-state index contributed by atoms with van der Waals surface area (Å²) in [7, 11) is 1.77. The van der Waals surface area contributed by atoms with E-state index in [9.17, 15) is 4.79 Å². The zero-order chi connectivity index (χ0) is 19.1. The van der Waals surface area contributed by atoms with Crippen molar-refractivity contribution in [3.05, 3.63) is 76.2 Å². The van der Waals surface area contributed by atoms with Crippen LogP contribution in [0.4, 0.5) is 0 Å². The third kappa shape index (κ3) is 5.56. The van der Waals surface area contributed by atoms with Gasteiger partial charge in [0.05, 0.1) is 17.2 Å². The van der Waals surface area contributed by atoms with Gasteiger partial charge >= 0.3 is 0 Å². The van der Waals surface area contributed by atoms with Crippen molar-refractivity contribution in [3.8, 4) is 11.5 Å². The van der Waals surface area contributed by atoms with Crippen molar-refractivity contribution in [1.29, 1.82) is 0 Å². The van der Waals surface area contributed by atoms with Crippen molar-refractivity contribution in [2.75, 3.05) is 20.2 Å². The SMILES string of the molecule is Cc1nc(COc2cccc(C(=O)N(C)CCOc3ccccc3)c2)cs1. The fraction of sp³-hybridized carbons (Fsp3) is 0.238. The molecule has 0 aliphatic heterocycles. The molecular formula is C21H22N2O3S. The maximum Gasteiger partial charge on any atom is 0.253 e. The van der Waals surface area contributed by atoms with Gasteiger partial charge in [-0.25, -0.2) is 4.98 Å². The number of hydrogen-bond donors (Lipinski definition) is 0. The Morgan fingerprint density at radius 3 is 2.59 bits per heavy atom. The number of amides is 1. The molecule has 0 atom stereocenters. The Bertz CT molecular complexity index is 880. The number of aromatic nitrogens is 1. The molecule has 0 saturated carbocycles. The Kier molecular flexibility index (Phi) is 6.44. The Balaban J connectivity index is 1.52. The summed E-state index contributed by atoms with van der Waals surface area (Å²) in [5.74, 6) is 1.38. The van der Waals surface area contributed by atoms with Gasteiger partial charge < -0.3 is 14.4 Å². The highest BCUT2D eigenvalue weighted by molar-refractivity contribution is 7.09. The van der Waals surface area contributed by atoms with Crippen molar-refractivity contribution in [2.45, 2.75) is 13.5 Å². The van der Waals surface area contributed by atoms with Crippen LogP contribution in [0, 0.1) is 6.92 Å². The number of benzene rings is 2. The minimum atomic E-state index is -0.0679. The average Bonchev–Trinajstić information content (AvgIpc) is 3.12. The average molecular weight is 382 g/mol. The molecule has 1 heterocycles. The quantitative estimate of drug-likeness (QED) is 0.586. The molecule has 0 saturated heterocycles. The maximum absolute atomic E-state index is 12.6. The van der Waals surface area contributed by atoms with Crippen LogP contribution in [-0.2, 0) is 6.61 Å². The van der Waals surface area contributed by atoms with Gasteiger partial charge in [0.25, 0.3) is 5.91 Å². The van der Waals surface area contributed by atoms with Crippen LogP contribution in [0.3, 0.4) is 0 Å². The second-order valence-corrected chi connectivity index (χ2v) is 7.12. The fourth-order valence-corrected chi connectivity index (χ4v) is 3.09. The highest BCUT2D eigenvalue weighted by Gasteiger charge is 2.12. The fourth-order valence-electron chi connectivity index (χ4n) is 2.49. The van der Waals surface area contributed by atoms with E-state index in [-0.39, 0.29) is 5.91 Å². The predicted octanol–water partition coefficient (Wildman–Crippen LogP) is 4.18. The molecule has 1 aromatic heterocycles. The summed E-state index contributed by atoms with van der Waals surface area (Å²) in [4.78, 5) is 18.6. The van der Waals surface area contributed by atoms with E-state index in [1.807, 2.05) is 54.8 Å². The monoisotopic (exact) mass is 382 g/mol. The topological polar surface area (TPSA) is 51.7 Å². The van der Waals surface area contributed by atoms with Crippen molar-refractivity contribution >= 4 is 17.2 Å². The van der Waals surface area contributed by atoms with Crippen LogP contribution >= 0.6 is 11.3 Å². The number of carbonyl (C=O) groups excluding carboxylic acids is 1. The van der Waals surface area contributed by atoms with Crippen LogP contribution in [0.5, 0.6) is 11.5 Å². The van der Waals surface area contributed by atoms with Crippen LogP contribution in [-0.4, -0.2) is 36.0 Å². The van der Waals surface area contributed by atoms with Crippen LogP contribution in [0.1, 0.15) is 21.1 Å². The predicted molar refractivity (Wildman–Crippen MR) is 107 cm³/mol. The lowest BCUT2D eigenvalue weighted by Gasteiger charge is -2.18. The summed E-state index contributed by atoms with van der Waals surface area (Å²) in [6.45, 7) is 3.29. The van der Waals surface area contributed by atoms with Crippen molar-refractivity contribution in [1.82, 2.24) is 9.88 Å². The van der Waals surface area contributed by atoms with Gasteiger partial charge in [0.2, 0.25) is 0 Å². The van der Waals surface area contributed by atoms with Gasteiger partial charge in [-0.1, -0.05) is 24.3 Å². The maximum atomic E-state index is 12.6. The molecule has 0 fully saturated rings. The zero-order valence-corrected chi connectivity index (χ0v) is 16.2. The number of hydrogen-bond acceptors (Lipinski definition) is 5. The Morgan fingerprint density at radius 1 is 1.07 bits per heavy atom. The molecular weight excluding hydrogens is 360 g/mol. The lowest BCUT2D eigenvalue weighted by atomic mass is 10.2. The summed E-state index contributed by atoms with van der Waals surface area (Å²) in [5.41, 5.74) is 1.48. The van der Waals surface area contributed by atoms with Crippen molar-refractivity contribution in [3.63, 3.8) is 0 Å². The van der Waals surface area contributed by atoms with Gasteiger partial charge in [0.15, 0.2) is 0 Å². The second kappa shape index (κ2) is 9.19. The van der Waals surface area contributed by atoms with E-state index in [2.05, 4.69) is 4.98 Å². The molecule has 2 aromatic carbocycles. The van der Waals surface area contributed by atoms with E-state index in [1.54, 1.807) is 35.4 Å². The molecule has 0 unspecified atom stereocenters. The Morgan fingerprint density at radius 2 is 1.85 bits per heavy atom. The van der Waals surface area contributed by atoms with Crippen molar-refractivity contribution in [2.24, 2.45) is 0 Å². The summed E-state index contributed by atoms with van der Waals surface area (Å²) in [6.07, 6.45) is 0. The summed E-state index contributed by atoms with van der Waals surface area (Å²) < 4.78 is 11.4. The van der Waals surface area contributed by atoms with E-state index in [1.165, 1.54) is 0 Å². The standard InChI is InChI=1S/C21H22N2O3S/c1-16-22-18(15-27-16)14-26-20-10-6-7-17(13-20)21(24)23(2)11-12-25-19-8-4-3-5-9-19/h3-10,13,15H,11-12,14H2,1-2H3. The number of nitrogens with zero attached hydrogens (tertiary/aromatic N) is 2. The van der Waals surface area contributed by atoms with E-state index in [0.717, 1.165) is 16.5 Å². The summed E-state index contributed by atoms with van der Waals surface area (Å²) in [5, 5.41) is 2.99. The molecule has 0 aliphatic rings. The van der Waals surface area contributed by atoms with Crippen LogP contribution in [0.15, 0.2) is 60.0 Å². The zero-order valence-electron chi connectivity index (χ0n) is 15.4. The molecule has 140 valence electrons. The Hall–Kier alpha value is -2.86. The van der Waals surface area contributed by atoms with E-state index < -0.39 is 0 Å². The first-order chi connectivity index (χ1) is 13.1. The number of ether oxygens (including phenoxy) is 2. The summed E-state index contributed by atoms with van der Waals surface area (Å²) in [6, 6.07) is 16.8. The van der Waals surface area contributed by atoms with Gasteiger partial charge in [-0.05, 0) is 37.3 Å². The highest BCUT2D eigenvalue weighted by atomic mass is 32.1. The number of thiazole rings is 1. The van der Waals surface area contributed by atoms with Gasteiger partial charge in [-0.2, -0.15) is 0 Å². The Labute approximate surface area is 163 Å². The highest BCUT2D eigenvalue weighted by Crippen LogP contribution is 2.17. The van der Waals surface area contributed by atoms with E-state index in [0.29, 0.717) is 31.1 Å². The minimum absolute atomic E-state index is 0.0679. The molecule has 0 bridgehead atoms. The number of rotatable bonds is 8. The molecule has 0 N–H and O–H groups in total. The molecule has 6 heteroatoms. The molecule has 0 aliphatic carbocycles. The number of aryl methyl sites for hydroxylation is 1. The second-order valence-electron chi connectivity index (χ2n) is 6.06. The summed E-state index contributed by atoms with van der Waals surface area (Å²) >= 11 is 1.59. The smallest absolute Gasteiger partial charge is 0.253 e. The lowest BCUT2D eigenvalue weighted by Crippen LogP contribution is -2.30. The molecule has 1 amide bonds. The normalized spacial score (nSPS) is 10.4. The third-order valence-corrected chi connectivity index (χ3v) is 4.74. The largest absolute Gasteiger partial charge is 0.492 e. The van der Waals surface area contributed by atoms with Gasteiger partial charge in [-0.3, -0.25) is 4.79 Å². The first-order valence-corrected chi connectivity index (χ1v) is 9.57. The number of carbonyl (C=O) groups is 1. The van der Waals surface area contributed by atoms with Crippen LogP contribution in [0.25, 0.3) is 0 Å². The first-order valence-electron chi connectivity index (χ1n) is 8.69. The third-order valence-electron chi connectivity index (χ3n) is 3.92. The minimum Gasteiger partial charge on any atom is -0.492 e. The lowest BCUT2D eigenvalue weighted by molar-refractivity contribution is 0.0773. The molecule has 27 heavy (non-hydrogen) atoms. The number of para-hydroxylation sites is 1. The van der Waals surface area contributed by atoms with Gasteiger partial charge in [0, 0.05) is 18.0 Å². The van der Waals surface area contributed by atoms with Crippen LogP contribution < -0.4 is 9.47 Å². The molecule has 3 aromatic rings. The van der Waals surface area contributed by atoms with E-state index >= 15 is 0 Å². The van der Waals surface area contributed by atoms with Gasteiger partial charge in [-0.15, -0.1) is 11.3 Å². The van der Waals surface area contributed by atoms with Gasteiger partial charge in [0.1, 0.15) is 24.7 Å². The van der Waals surface area contributed by atoms with Crippen molar-refractivity contribution < 1.29 is 14.3 Å². The molecule has 5 nitrogen and oxygen atoms in total. The van der Waals surface area contributed by atoms with E-state index in [4.69, 9.17) is 9.47 Å². The van der Waals surface area contributed by atoms with Crippen LogP contribution in [0.2, 0.25) is 0 Å². The first kappa shape index (κ1) is 18.9. The number of likely N-dealkylation sites (N-methyl/N-ethyl adjacent to an activating group) is 1. The molecule has 0 radical (unpaired) electrons.